The van der Waals surface area contributed by atoms with Gasteiger partial charge in [-0.2, -0.15) is 4.91 Å². The van der Waals surface area contributed by atoms with Gasteiger partial charge in [-0.1, -0.05) is 17.3 Å². The van der Waals surface area contributed by atoms with Crippen molar-refractivity contribution in [3.05, 3.63) is 58.5 Å². The van der Waals surface area contributed by atoms with E-state index in [-0.39, 0.29) is 25.5 Å². The average molecular weight is 356 g/mol. The molecule has 1 heterocycles. The SMILES string of the molecule is O=NC(CCC(=O)O)c1ccc(NC(=O)c2ccc3c(c2)OCO3)cc1. The molecule has 1 aliphatic heterocycles. The van der Waals surface area contributed by atoms with Crippen LogP contribution >= 0.6 is 0 Å². The molecule has 0 bridgehead atoms. The number of carbonyl (C=O) groups excluding carboxylic acids is 1. The van der Waals surface area contributed by atoms with E-state index in [1.54, 1.807) is 42.5 Å². The summed E-state index contributed by atoms with van der Waals surface area (Å²) in [4.78, 5) is 33.9. The maximum Gasteiger partial charge on any atom is 0.303 e. The molecule has 0 saturated carbocycles. The molecule has 1 amide bonds. The van der Waals surface area contributed by atoms with Crippen LogP contribution < -0.4 is 14.8 Å². The van der Waals surface area contributed by atoms with Crippen LogP contribution in [0.4, 0.5) is 5.69 Å². The number of aliphatic carboxylic acids is 1. The van der Waals surface area contributed by atoms with Gasteiger partial charge >= 0.3 is 5.97 Å². The van der Waals surface area contributed by atoms with Crippen molar-refractivity contribution in [2.24, 2.45) is 5.18 Å². The number of nitroso groups, excluding NO2 is 1. The Kier molecular flexibility index (Phi) is 5.12. The second-order valence-electron chi connectivity index (χ2n) is 5.70. The van der Waals surface area contributed by atoms with Crippen molar-refractivity contribution in [1.29, 1.82) is 0 Å². The topological polar surface area (TPSA) is 114 Å². The summed E-state index contributed by atoms with van der Waals surface area (Å²) in [5.41, 5.74) is 1.56. The first-order valence-corrected chi connectivity index (χ1v) is 7.92. The third-order valence-electron chi connectivity index (χ3n) is 3.95. The Bertz CT molecular complexity index is 834. The van der Waals surface area contributed by atoms with Crippen LogP contribution in [-0.4, -0.2) is 23.8 Å². The van der Waals surface area contributed by atoms with Crippen LogP contribution in [0.1, 0.15) is 34.8 Å². The largest absolute Gasteiger partial charge is 0.481 e. The maximum absolute atomic E-state index is 12.3. The number of amides is 1. The zero-order chi connectivity index (χ0) is 18.5. The maximum atomic E-state index is 12.3. The molecule has 0 aliphatic carbocycles. The number of benzene rings is 2. The molecular formula is C18H16N2O6. The first-order chi connectivity index (χ1) is 12.6. The Labute approximate surface area is 148 Å². The van der Waals surface area contributed by atoms with Gasteiger partial charge in [0, 0.05) is 17.7 Å². The van der Waals surface area contributed by atoms with E-state index in [1.807, 2.05) is 0 Å². The van der Waals surface area contributed by atoms with Crippen LogP contribution in [0.25, 0.3) is 0 Å². The smallest absolute Gasteiger partial charge is 0.303 e. The Balaban J connectivity index is 1.66. The predicted molar refractivity (Wildman–Crippen MR) is 92.4 cm³/mol. The number of hydrogen-bond acceptors (Lipinski definition) is 6. The van der Waals surface area contributed by atoms with Crippen molar-refractivity contribution in [1.82, 2.24) is 0 Å². The molecule has 1 aliphatic rings. The Morgan fingerprint density at radius 1 is 1.12 bits per heavy atom. The zero-order valence-corrected chi connectivity index (χ0v) is 13.7. The summed E-state index contributed by atoms with van der Waals surface area (Å²) in [6.45, 7) is 0.135. The van der Waals surface area contributed by atoms with Crippen molar-refractivity contribution in [2.45, 2.75) is 18.9 Å². The van der Waals surface area contributed by atoms with Gasteiger partial charge in [0.05, 0.1) is 0 Å². The lowest BCUT2D eigenvalue weighted by molar-refractivity contribution is -0.137. The minimum atomic E-state index is -0.980. The zero-order valence-electron chi connectivity index (χ0n) is 13.7. The van der Waals surface area contributed by atoms with Crippen LogP contribution in [0, 0.1) is 4.91 Å². The van der Waals surface area contributed by atoms with Gasteiger partial charge in [-0.3, -0.25) is 9.59 Å². The highest BCUT2D eigenvalue weighted by Gasteiger charge is 2.17. The number of ether oxygens (including phenoxy) is 2. The predicted octanol–water partition coefficient (Wildman–Crippen LogP) is 3.34. The molecule has 2 N–H and O–H groups in total. The minimum Gasteiger partial charge on any atom is -0.481 e. The molecule has 0 aromatic heterocycles. The van der Waals surface area contributed by atoms with Gasteiger partial charge < -0.3 is 19.9 Å². The van der Waals surface area contributed by atoms with E-state index < -0.39 is 12.0 Å². The highest BCUT2D eigenvalue weighted by Crippen LogP contribution is 2.32. The van der Waals surface area contributed by atoms with E-state index in [1.165, 1.54) is 0 Å². The standard InChI is InChI=1S/C18H16N2O6/c21-17(22)8-6-14(20-24)11-1-4-13(5-2-11)19-18(23)12-3-7-15-16(9-12)26-10-25-15/h1-5,7,9,14H,6,8,10H2,(H,19,23)(H,21,22). The van der Waals surface area contributed by atoms with Gasteiger partial charge in [-0.05, 0) is 42.3 Å². The van der Waals surface area contributed by atoms with Crippen LogP contribution in [0.3, 0.4) is 0 Å². The molecule has 2 aromatic rings. The number of rotatable bonds is 7. The number of anilines is 1. The molecule has 134 valence electrons. The highest BCUT2D eigenvalue weighted by atomic mass is 16.7. The molecule has 0 fully saturated rings. The van der Waals surface area contributed by atoms with Crippen molar-refractivity contribution < 1.29 is 24.2 Å². The Morgan fingerprint density at radius 2 is 1.85 bits per heavy atom. The van der Waals surface area contributed by atoms with Gasteiger partial charge in [-0.15, -0.1) is 0 Å². The number of nitrogens with zero attached hydrogens (tertiary/aromatic N) is 1. The molecule has 0 radical (unpaired) electrons. The molecule has 3 rings (SSSR count). The van der Waals surface area contributed by atoms with Gasteiger partial charge in [0.1, 0.15) is 6.04 Å². The second kappa shape index (κ2) is 7.64. The van der Waals surface area contributed by atoms with Crippen molar-refractivity contribution in [3.63, 3.8) is 0 Å². The van der Waals surface area contributed by atoms with Gasteiger partial charge in [-0.25, -0.2) is 0 Å². The summed E-state index contributed by atoms with van der Waals surface area (Å²) in [5.74, 6) is -0.177. The van der Waals surface area contributed by atoms with E-state index in [4.69, 9.17) is 14.6 Å². The Morgan fingerprint density at radius 3 is 2.54 bits per heavy atom. The highest BCUT2D eigenvalue weighted by molar-refractivity contribution is 6.04. The molecule has 0 saturated heterocycles. The fourth-order valence-corrected chi connectivity index (χ4v) is 2.57. The monoisotopic (exact) mass is 356 g/mol. The van der Waals surface area contributed by atoms with Crippen molar-refractivity contribution in [2.75, 3.05) is 12.1 Å². The first kappa shape index (κ1) is 17.4. The van der Waals surface area contributed by atoms with E-state index in [2.05, 4.69) is 10.5 Å². The summed E-state index contributed by atoms with van der Waals surface area (Å²) < 4.78 is 10.5. The molecule has 26 heavy (non-hydrogen) atoms. The van der Waals surface area contributed by atoms with Gasteiger partial charge in [0.15, 0.2) is 11.5 Å². The first-order valence-electron chi connectivity index (χ1n) is 7.92. The number of carboxylic acid groups (broad SMARTS) is 1. The lowest BCUT2D eigenvalue weighted by atomic mass is 10.0. The number of carbonyl (C=O) groups is 2. The van der Waals surface area contributed by atoms with Crippen molar-refractivity contribution in [3.8, 4) is 11.5 Å². The number of carboxylic acids is 1. The second-order valence-corrected chi connectivity index (χ2v) is 5.70. The molecule has 1 atom stereocenters. The van der Waals surface area contributed by atoms with Gasteiger partial charge in [0.2, 0.25) is 6.79 Å². The van der Waals surface area contributed by atoms with E-state index in [0.29, 0.717) is 28.3 Å². The van der Waals surface area contributed by atoms with E-state index in [0.717, 1.165) is 0 Å². The normalized spacial score (nSPS) is 13.1. The summed E-state index contributed by atoms with van der Waals surface area (Å²) in [7, 11) is 0. The fourth-order valence-electron chi connectivity index (χ4n) is 2.57. The third kappa shape index (κ3) is 3.97. The molecule has 0 spiro atoms. The summed E-state index contributed by atoms with van der Waals surface area (Å²) in [6, 6.07) is 10.7. The molecular weight excluding hydrogens is 340 g/mol. The lowest BCUT2D eigenvalue weighted by Gasteiger charge is -2.10. The summed E-state index contributed by atoms with van der Waals surface area (Å²) >= 11 is 0. The van der Waals surface area contributed by atoms with Gasteiger partial charge in [0.25, 0.3) is 5.91 Å². The number of nitrogens with one attached hydrogen (secondary N) is 1. The molecule has 8 heteroatoms. The van der Waals surface area contributed by atoms with Crippen LogP contribution in [-0.2, 0) is 4.79 Å². The average Bonchev–Trinajstić information content (AvgIpc) is 3.11. The molecule has 2 aromatic carbocycles. The molecule has 8 nitrogen and oxygen atoms in total. The minimum absolute atomic E-state index is 0.127. The van der Waals surface area contributed by atoms with E-state index in [9.17, 15) is 14.5 Å². The quantitative estimate of drug-likeness (QED) is 0.735. The van der Waals surface area contributed by atoms with Crippen LogP contribution in [0.5, 0.6) is 11.5 Å². The number of hydrogen-bond donors (Lipinski definition) is 2. The Hall–Kier alpha value is -3.42. The van der Waals surface area contributed by atoms with Crippen molar-refractivity contribution >= 4 is 17.6 Å². The third-order valence-corrected chi connectivity index (χ3v) is 3.95. The summed E-state index contributed by atoms with van der Waals surface area (Å²) in [5, 5.41) is 14.4. The van der Waals surface area contributed by atoms with E-state index >= 15 is 0 Å². The van der Waals surface area contributed by atoms with Crippen LogP contribution in [0.2, 0.25) is 0 Å². The lowest BCUT2D eigenvalue weighted by Crippen LogP contribution is -2.11. The fraction of sp³-hybridized carbons (Fsp3) is 0.222. The number of fused-ring (bicyclic) bond motifs is 1. The van der Waals surface area contributed by atoms with Crippen LogP contribution in [0.15, 0.2) is 47.6 Å². The summed E-state index contributed by atoms with van der Waals surface area (Å²) in [6.07, 6.45) is -0.0132. The molecule has 1 unspecified atom stereocenters.